The predicted octanol–water partition coefficient (Wildman–Crippen LogP) is 5.33. The van der Waals surface area contributed by atoms with Crippen molar-refractivity contribution in [2.45, 2.75) is 33.7 Å². The fourth-order valence-electron chi connectivity index (χ4n) is 2.42. The predicted molar refractivity (Wildman–Crippen MR) is 102 cm³/mol. The Morgan fingerprint density at radius 1 is 1.13 bits per heavy atom. The van der Waals surface area contributed by atoms with E-state index in [9.17, 15) is 0 Å². The molecule has 2 aromatic carbocycles. The zero-order chi connectivity index (χ0) is 17.0. The smallest absolute Gasteiger partial charge is 0.0672 e. The Labute approximate surface area is 144 Å². The largest absolute Gasteiger partial charge is 0.388 e. The second kappa shape index (κ2) is 7.51. The van der Waals surface area contributed by atoms with Gasteiger partial charge in [-0.05, 0) is 58.0 Å². The fourth-order valence-corrected chi connectivity index (χ4v) is 2.59. The van der Waals surface area contributed by atoms with Crippen LogP contribution in [-0.4, -0.2) is 18.8 Å². The van der Waals surface area contributed by atoms with Gasteiger partial charge in [-0.15, -0.1) is 0 Å². The van der Waals surface area contributed by atoms with Crippen molar-refractivity contribution in [2.24, 2.45) is 5.10 Å². The Morgan fingerprint density at radius 2 is 1.78 bits per heavy atom. The van der Waals surface area contributed by atoms with Crippen LogP contribution >= 0.6 is 11.6 Å². The minimum Gasteiger partial charge on any atom is -0.388 e. The van der Waals surface area contributed by atoms with E-state index in [2.05, 4.69) is 50.4 Å². The molecule has 122 valence electrons. The third kappa shape index (κ3) is 4.26. The number of anilines is 2. The molecule has 2 rings (SSSR count). The monoisotopic (exact) mass is 329 g/mol. The van der Waals surface area contributed by atoms with Crippen LogP contribution in [0.1, 0.15) is 31.9 Å². The summed E-state index contributed by atoms with van der Waals surface area (Å²) >= 11 is 6.15. The zero-order valence-corrected chi connectivity index (χ0v) is 15.1. The number of halogens is 1. The Kier molecular flexibility index (Phi) is 5.67. The average molecular weight is 330 g/mol. The summed E-state index contributed by atoms with van der Waals surface area (Å²) in [6, 6.07) is 14.5. The number of nitrogens with zero attached hydrogens (tertiary/aromatic N) is 2. The zero-order valence-electron chi connectivity index (χ0n) is 14.4. The molecule has 0 bridgehead atoms. The summed E-state index contributed by atoms with van der Waals surface area (Å²) in [5.74, 6) is 0. The maximum atomic E-state index is 6.15. The average Bonchev–Trinajstić information content (AvgIpc) is 2.53. The van der Waals surface area contributed by atoms with Crippen LogP contribution in [0.3, 0.4) is 0 Å². The number of nitrogens with one attached hydrogen (secondary N) is 1. The van der Waals surface area contributed by atoms with Gasteiger partial charge in [-0.25, -0.2) is 0 Å². The first-order valence-corrected chi connectivity index (χ1v) is 8.19. The first kappa shape index (κ1) is 17.4. The molecule has 0 saturated carbocycles. The summed E-state index contributed by atoms with van der Waals surface area (Å²) < 4.78 is 0. The first-order chi connectivity index (χ1) is 10.9. The number of benzene rings is 2. The van der Waals surface area contributed by atoms with Gasteiger partial charge >= 0.3 is 0 Å². The van der Waals surface area contributed by atoms with Crippen molar-refractivity contribution in [2.75, 3.05) is 17.4 Å². The van der Waals surface area contributed by atoms with Crippen molar-refractivity contribution < 1.29 is 0 Å². The van der Waals surface area contributed by atoms with E-state index in [1.165, 1.54) is 5.56 Å². The van der Waals surface area contributed by atoms with E-state index in [4.69, 9.17) is 16.7 Å². The number of hydrazone groups is 1. The summed E-state index contributed by atoms with van der Waals surface area (Å²) in [5, 5.41) is 10.8. The molecule has 0 atom stereocenters. The van der Waals surface area contributed by atoms with Crippen molar-refractivity contribution in [1.82, 2.24) is 0 Å². The molecule has 0 spiro atoms. The van der Waals surface area contributed by atoms with Gasteiger partial charge < -0.3 is 5.32 Å². The Bertz CT molecular complexity index is 690. The molecule has 0 aliphatic rings. The van der Waals surface area contributed by atoms with Crippen molar-refractivity contribution in [3.8, 4) is 0 Å². The number of aryl methyl sites for hydroxylation is 1. The Hall–Kier alpha value is -2.00. The molecule has 0 amide bonds. The third-order valence-corrected chi connectivity index (χ3v) is 3.92. The van der Waals surface area contributed by atoms with Crippen LogP contribution in [0.5, 0.6) is 0 Å². The number of hydrogen-bond acceptors (Lipinski definition) is 3. The summed E-state index contributed by atoms with van der Waals surface area (Å²) in [5.41, 5.74) is 5.27. The quantitative estimate of drug-likeness (QED) is 0.593. The van der Waals surface area contributed by atoms with Gasteiger partial charge in [0.2, 0.25) is 0 Å². The van der Waals surface area contributed by atoms with Gasteiger partial charge in [0.15, 0.2) is 0 Å². The van der Waals surface area contributed by atoms with Crippen molar-refractivity contribution in [1.29, 1.82) is 0 Å². The normalized spacial score (nSPS) is 11.7. The van der Waals surface area contributed by atoms with Gasteiger partial charge in [-0.2, -0.15) is 5.10 Å². The van der Waals surface area contributed by atoms with E-state index in [0.29, 0.717) is 5.02 Å². The highest BCUT2D eigenvalue weighted by Crippen LogP contribution is 2.23. The van der Waals surface area contributed by atoms with Crippen LogP contribution in [0.4, 0.5) is 11.4 Å². The first-order valence-electron chi connectivity index (χ1n) is 7.81. The van der Waals surface area contributed by atoms with Crippen LogP contribution in [-0.2, 0) is 0 Å². The van der Waals surface area contributed by atoms with Gasteiger partial charge in [-0.3, -0.25) is 5.01 Å². The van der Waals surface area contributed by atoms with Crippen LogP contribution in [0.2, 0.25) is 5.02 Å². The molecule has 4 heteroatoms. The maximum Gasteiger partial charge on any atom is 0.0672 e. The van der Waals surface area contributed by atoms with Crippen molar-refractivity contribution in [3.63, 3.8) is 0 Å². The van der Waals surface area contributed by atoms with Gasteiger partial charge in [-0.1, -0.05) is 29.3 Å². The second-order valence-electron chi connectivity index (χ2n) is 5.90. The Balaban J connectivity index is 2.43. The fraction of sp³-hybridized carbons (Fsp3) is 0.316. The molecular weight excluding hydrogens is 306 g/mol. The topological polar surface area (TPSA) is 27.6 Å². The molecule has 0 radical (unpaired) electrons. The van der Waals surface area contributed by atoms with Crippen LogP contribution in [0.25, 0.3) is 0 Å². The summed E-state index contributed by atoms with van der Waals surface area (Å²) in [6.07, 6.45) is 0. The van der Waals surface area contributed by atoms with Gasteiger partial charge in [0.05, 0.1) is 11.4 Å². The lowest BCUT2D eigenvalue weighted by Gasteiger charge is -2.25. The lowest BCUT2D eigenvalue weighted by Crippen LogP contribution is -2.26. The highest BCUT2D eigenvalue weighted by Gasteiger charge is 2.12. The minimum atomic E-state index is 0.255. The van der Waals surface area contributed by atoms with Crippen molar-refractivity contribution in [3.05, 3.63) is 58.6 Å². The molecule has 3 nitrogen and oxygen atoms in total. The lowest BCUT2D eigenvalue weighted by molar-refractivity contribution is 0.713. The molecule has 0 unspecified atom stereocenters. The number of rotatable bonds is 5. The number of hydrogen-bond donors (Lipinski definition) is 1. The molecule has 1 N–H and O–H groups in total. The molecular formula is C19H24ClN3. The molecule has 23 heavy (non-hydrogen) atoms. The minimum absolute atomic E-state index is 0.255. The summed E-state index contributed by atoms with van der Waals surface area (Å²) in [7, 11) is 1.90. The van der Waals surface area contributed by atoms with Gasteiger partial charge in [0.25, 0.3) is 0 Å². The highest BCUT2D eigenvalue weighted by atomic mass is 35.5. The van der Waals surface area contributed by atoms with Crippen LogP contribution in [0.15, 0.2) is 47.6 Å². The maximum absolute atomic E-state index is 6.15. The SMILES string of the molecule is CNc1ccc(Cl)cc1/C(C)=N\N(c1ccc(C)cc1)C(C)C. The molecule has 0 fully saturated rings. The highest BCUT2D eigenvalue weighted by molar-refractivity contribution is 6.31. The lowest BCUT2D eigenvalue weighted by atomic mass is 10.1. The van der Waals surface area contributed by atoms with Gasteiger partial charge in [0.1, 0.15) is 0 Å². The second-order valence-corrected chi connectivity index (χ2v) is 6.34. The molecule has 0 heterocycles. The summed E-state index contributed by atoms with van der Waals surface area (Å²) in [6.45, 7) is 8.36. The third-order valence-electron chi connectivity index (χ3n) is 3.69. The van der Waals surface area contributed by atoms with Crippen LogP contribution < -0.4 is 10.3 Å². The van der Waals surface area contributed by atoms with E-state index in [-0.39, 0.29) is 6.04 Å². The standard InChI is InChI=1S/C19H24ClN3/c1-13(2)23(17-9-6-14(3)7-10-17)22-15(4)18-12-16(20)8-11-19(18)21-5/h6-13,21H,1-5H3/b22-15-. The van der Waals surface area contributed by atoms with E-state index in [1.807, 2.05) is 37.2 Å². The van der Waals surface area contributed by atoms with Crippen molar-refractivity contribution >= 4 is 28.7 Å². The molecule has 0 saturated heterocycles. The van der Waals surface area contributed by atoms with E-state index in [1.54, 1.807) is 0 Å². The molecule has 0 aliphatic carbocycles. The van der Waals surface area contributed by atoms with E-state index >= 15 is 0 Å². The Morgan fingerprint density at radius 3 is 2.35 bits per heavy atom. The summed E-state index contributed by atoms with van der Waals surface area (Å²) in [4.78, 5) is 0. The molecule has 0 aliphatic heterocycles. The van der Waals surface area contributed by atoms with Crippen LogP contribution in [0, 0.1) is 6.92 Å². The molecule has 0 aromatic heterocycles. The van der Waals surface area contributed by atoms with Gasteiger partial charge in [0, 0.05) is 29.4 Å². The van der Waals surface area contributed by atoms with E-state index in [0.717, 1.165) is 22.6 Å². The molecule has 2 aromatic rings. The van der Waals surface area contributed by atoms with E-state index < -0.39 is 0 Å².